The highest BCUT2D eigenvalue weighted by Gasteiger charge is 2.22. The number of nitrogens with one attached hydrogen (secondary N) is 1. The Morgan fingerprint density at radius 3 is 3.05 bits per heavy atom. The van der Waals surface area contributed by atoms with Crippen LogP contribution in [-0.4, -0.2) is 22.6 Å². The van der Waals surface area contributed by atoms with Crippen LogP contribution in [0, 0.1) is 6.92 Å². The highest BCUT2D eigenvalue weighted by atomic mass is 15.1. The first-order chi connectivity index (χ1) is 9.79. The summed E-state index contributed by atoms with van der Waals surface area (Å²) in [6.07, 6.45) is 4.99. The molecule has 0 amide bonds. The van der Waals surface area contributed by atoms with Crippen molar-refractivity contribution in [3.8, 4) is 0 Å². The number of nitrogens with zero attached hydrogens (tertiary/aromatic N) is 2. The topological polar surface area (TPSA) is 29.9 Å². The van der Waals surface area contributed by atoms with Gasteiger partial charge >= 0.3 is 0 Å². The summed E-state index contributed by atoms with van der Waals surface area (Å²) in [4.78, 5) is 4.97. The van der Waals surface area contributed by atoms with Crippen LogP contribution in [0.1, 0.15) is 49.9 Å². The Kier molecular flexibility index (Phi) is 4.06. The van der Waals surface area contributed by atoms with Gasteiger partial charge in [-0.2, -0.15) is 0 Å². The van der Waals surface area contributed by atoms with Crippen molar-refractivity contribution in [2.75, 3.05) is 13.1 Å². The highest BCUT2D eigenvalue weighted by molar-refractivity contribution is 5.77. The van der Waals surface area contributed by atoms with Gasteiger partial charge in [-0.1, -0.05) is 19.4 Å². The molecule has 3 heteroatoms. The number of fused-ring (bicyclic) bond motifs is 1. The molecule has 0 unspecified atom stereocenters. The number of benzene rings is 1. The quantitative estimate of drug-likeness (QED) is 0.920. The molecule has 0 bridgehead atoms. The number of imidazole rings is 1. The first-order valence-corrected chi connectivity index (χ1v) is 7.97. The van der Waals surface area contributed by atoms with Crippen molar-refractivity contribution in [1.29, 1.82) is 0 Å². The van der Waals surface area contributed by atoms with Crippen molar-refractivity contribution in [2.45, 2.75) is 52.0 Å². The Morgan fingerprint density at radius 1 is 1.40 bits per heavy atom. The molecule has 1 aliphatic rings. The molecule has 0 saturated carbocycles. The van der Waals surface area contributed by atoms with Crippen LogP contribution < -0.4 is 5.32 Å². The van der Waals surface area contributed by atoms with Crippen molar-refractivity contribution in [3.63, 3.8) is 0 Å². The van der Waals surface area contributed by atoms with Gasteiger partial charge in [0.15, 0.2) is 0 Å². The third-order valence-corrected chi connectivity index (χ3v) is 4.33. The molecule has 3 nitrogen and oxygen atoms in total. The third-order valence-electron chi connectivity index (χ3n) is 4.33. The molecule has 1 aliphatic heterocycles. The van der Waals surface area contributed by atoms with Crippen LogP contribution in [0.25, 0.3) is 11.0 Å². The van der Waals surface area contributed by atoms with Crippen LogP contribution in [0.2, 0.25) is 0 Å². The fourth-order valence-corrected chi connectivity index (χ4v) is 3.19. The first kappa shape index (κ1) is 13.6. The number of aryl methyl sites for hydroxylation is 2. The third kappa shape index (κ3) is 2.59. The molecule has 0 radical (unpaired) electrons. The minimum atomic E-state index is 0.577. The molecule has 1 N–H and O–H groups in total. The number of hydrogen-bond acceptors (Lipinski definition) is 2. The lowest BCUT2D eigenvalue weighted by molar-refractivity contribution is 0.431. The molecular formula is C17H25N3. The molecular weight excluding hydrogens is 246 g/mol. The zero-order chi connectivity index (χ0) is 13.9. The maximum Gasteiger partial charge on any atom is 0.114 e. The van der Waals surface area contributed by atoms with Crippen molar-refractivity contribution in [2.24, 2.45) is 0 Å². The van der Waals surface area contributed by atoms with Crippen LogP contribution in [-0.2, 0) is 6.54 Å². The summed E-state index contributed by atoms with van der Waals surface area (Å²) in [7, 11) is 0. The predicted octanol–water partition coefficient (Wildman–Crippen LogP) is 3.61. The van der Waals surface area contributed by atoms with Crippen molar-refractivity contribution in [3.05, 3.63) is 29.6 Å². The van der Waals surface area contributed by atoms with E-state index in [0.29, 0.717) is 5.92 Å². The van der Waals surface area contributed by atoms with E-state index < -0.39 is 0 Å². The lowest BCUT2D eigenvalue weighted by Crippen LogP contribution is -2.30. The van der Waals surface area contributed by atoms with Crippen LogP contribution >= 0.6 is 0 Å². The van der Waals surface area contributed by atoms with E-state index in [-0.39, 0.29) is 0 Å². The van der Waals surface area contributed by atoms with E-state index in [0.717, 1.165) is 19.6 Å². The second-order valence-electron chi connectivity index (χ2n) is 6.01. The van der Waals surface area contributed by atoms with E-state index in [1.807, 2.05) is 0 Å². The fourth-order valence-electron chi connectivity index (χ4n) is 3.19. The Bertz CT molecular complexity index is 579. The van der Waals surface area contributed by atoms with Gasteiger partial charge in [0.05, 0.1) is 11.0 Å². The molecule has 1 fully saturated rings. The molecule has 20 heavy (non-hydrogen) atoms. The summed E-state index contributed by atoms with van der Waals surface area (Å²) in [5.41, 5.74) is 3.78. The molecule has 2 aromatic rings. The Morgan fingerprint density at radius 2 is 2.30 bits per heavy atom. The van der Waals surface area contributed by atoms with Gasteiger partial charge in [-0.05, 0) is 50.4 Å². The van der Waals surface area contributed by atoms with Crippen LogP contribution in [0.4, 0.5) is 0 Å². The number of piperidine rings is 1. The normalized spacial score (nSPS) is 19.6. The predicted molar refractivity (Wildman–Crippen MR) is 84.2 cm³/mol. The molecule has 2 heterocycles. The van der Waals surface area contributed by atoms with Gasteiger partial charge in [-0.3, -0.25) is 0 Å². The number of aromatic nitrogens is 2. The summed E-state index contributed by atoms with van der Waals surface area (Å²) in [5, 5.41) is 3.52. The second-order valence-corrected chi connectivity index (χ2v) is 6.01. The average molecular weight is 271 g/mol. The highest BCUT2D eigenvalue weighted by Crippen LogP contribution is 2.27. The standard InChI is InChI=1S/C17H25N3/c1-3-4-10-20-16-8-7-13(2)11-15(16)19-17(20)14-6-5-9-18-12-14/h7-8,11,14,18H,3-6,9-10,12H2,1-2H3/t14-/m1/s1. The van der Waals surface area contributed by atoms with E-state index in [1.165, 1.54) is 48.1 Å². The molecule has 3 rings (SSSR count). The smallest absolute Gasteiger partial charge is 0.114 e. The zero-order valence-corrected chi connectivity index (χ0v) is 12.7. The van der Waals surface area contributed by atoms with Gasteiger partial charge in [0.2, 0.25) is 0 Å². The maximum absolute atomic E-state index is 4.97. The summed E-state index contributed by atoms with van der Waals surface area (Å²) < 4.78 is 2.47. The summed E-state index contributed by atoms with van der Waals surface area (Å²) in [5.74, 6) is 1.87. The van der Waals surface area contributed by atoms with Crippen LogP contribution in [0.15, 0.2) is 18.2 Å². The van der Waals surface area contributed by atoms with E-state index in [4.69, 9.17) is 4.98 Å². The second kappa shape index (κ2) is 5.96. The van der Waals surface area contributed by atoms with Crippen molar-refractivity contribution < 1.29 is 0 Å². The molecule has 108 valence electrons. The fraction of sp³-hybridized carbons (Fsp3) is 0.588. The van der Waals surface area contributed by atoms with Crippen molar-refractivity contribution in [1.82, 2.24) is 14.9 Å². The van der Waals surface area contributed by atoms with Gasteiger partial charge < -0.3 is 9.88 Å². The molecule has 1 atom stereocenters. The number of unbranched alkanes of at least 4 members (excludes halogenated alkanes) is 1. The first-order valence-electron chi connectivity index (χ1n) is 7.97. The maximum atomic E-state index is 4.97. The van der Waals surface area contributed by atoms with Gasteiger partial charge in [0.1, 0.15) is 5.82 Å². The van der Waals surface area contributed by atoms with E-state index in [2.05, 4.69) is 41.9 Å². The zero-order valence-electron chi connectivity index (χ0n) is 12.7. The Labute approximate surface area is 121 Å². The molecule has 1 aromatic carbocycles. The van der Waals surface area contributed by atoms with Gasteiger partial charge in [-0.25, -0.2) is 4.98 Å². The van der Waals surface area contributed by atoms with Crippen LogP contribution in [0.3, 0.4) is 0 Å². The van der Waals surface area contributed by atoms with Gasteiger partial charge in [0.25, 0.3) is 0 Å². The summed E-state index contributed by atoms with van der Waals surface area (Å²) in [6, 6.07) is 6.67. The Balaban J connectivity index is 2.03. The van der Waals surface area contributed by atoms with Gasteiger partial charge in [-0.15, -0.1) is 0 Å². The van der Waals surface area contributed by atoms with E-state index in [1.54, 1.807) is 0 Å². The average Bonchev–Trinajstić information content (AvgIpc) is 2.83. The monoisotopic (exact) mass is 271 g/mol. The molecule has 0 aliphatic carbocycles. The number of hydrogen-bond donors (Lipinski definition) is 1. The summed E-state index contributed by atoms with van der Waals surface area (Å²) >= 11 is 0. The summed E-state index contributed by atoms with van der Waals surface area (Å²) in [6.45, 7) is 7.73. The number of rotatable bonds is 4. The lowest BCUT2D eigenvalue weighted by Gasteiger charge is -2.23. The SMILES string of the molecule is CCCCn1c([C@@H]2CCCNC2)nc2cc(C)ccc21. The van der Waals surface area contributed by atoms with Gasteiger partial charge in [0, 0.05) is 19.0 Å². The molecule has 1 saturated heterocycles. The van der Waals surface area contributed by atoms with E-state index in [9.17, 15) is 0 Å². The van der Waals surface area contributed by atoms with Crippen LogP contribution in [0.5, 0.6) is 0 Å². The minimum absolute atomic E-state index is 0.577. The lowest BCUT2D eigenvalue weighted by atomic mass is 9.99. The molecule has 0 spiro atoms. The van der Waals surface area contributed by atoms with Crippen molar-refractivity contribution >= 4 is 11.0 Å². The Hall–Kier alpha value is -1.35. The largest absolute Gasteiger partial charge is 0.328 e. The van der Waals surface area contributed by atoms with E-state index >= 15 is 0 Å². The molecule has 1 aromatic heterocycles. The minimum Gasteiger partial charge on any atom is -0.328 e.